The van der Waals surface area contributed by atoms with Crippen molar-refractivity contribution in [3.63, 3.8) is 0 Å². The first-order chi connectivity index (χ1) is 10.7. The Hall–Kier alpha value is -1.88. The number of amides is 1. The molecule has 0 bridgehead atoms. The molecule has 2 aromatic rings. The molecule has 0 radical (unpaired) electrons. The summed E-state index contributed by atoms with van der Waals surface area (Å²) in [5, 5.41) is 4.89. The second-order valence-electron chi connectivity index (χ2n) is 5.88. The molecule has 0 atom stereocenters. The van der Waals surface area contributed by atoms with Crippen LogP contribution in [0.3, 0.4) is 0 Å². The van der Waals surface area contributed by atoms with Gasteiger partial charge < -0.3 is 10.2 Å². The minimum atomic E-state index is 0.00352. The van der Waals surface area contributed by atoms with Crippen molar-refractivity contribution in [1.29, 1.82) is 0 Å². The van der Waals surface area contributed by atoms with E-state index in [-0.39, 0.29) is 5.91 Å². The molecule has 0 aromatic carbocycles. The van der Waals surface area contributed by atoms with E-state index in [0.717, 1.165) is 35.4 Å². The highest BCUT2D eigenvalue weighted by atomic mass is 32.1. The number of hydrogen-bond donors (Lipinski definition) is 1. The van der Waals surface area contributed by atoms with Gasteiger partial charge in [-0.25, -0.2) is 4.98 Å². The average molecular weight is 315 g/mol. The topological polar surface area (TPSA) is 45.2 Å². The zero-order valence-electron chi connectivity index (χ0n) is 12.8. The molecule has 2 aromatic heterocycles. The number of pyridine rings is 1. The molecule has 0 unspecified atom stereocenters. The van der Waals surface area contributed by atoms with E-state index in [1.54, 1.807) is 17.5 Å². The van der Waals surface area contributed by atoms with Gasteiger partial charge in [-0.1, -0.05) is 13.0 Å². The number of hydrogen-bond acceptors (Lipinski definition) is 4. The van der Waals surface area contributed by atoms with Gasteiger partial charge in [-0.3, -0.25) is 4.79 Å². The van der Waals surface area contributed by atoms with Crippen molar-refractivity contribution >= 4 is 28.7 Å². The summed E-state index contributed by atoms with van der Waals surface area (Å²) in [4.78, 5) is 19.8. The molecule has 1 amide bonds. The Bertz CT molecular complexity index is 601. The number of carbonyl (C=O) groups excluding carboxylic acids is 1. The summed E-state index contributed by atoms with van der Waals surface area (Å²) in [6.45, 7) is 4.44. The summed E-state index contributed by atoms with van der Waals surface area (Å²) >= 11 is 1.60. The van der Waals surface area contributed by atoms with Crippen LogP contribution in [0.5, 0.6) is 0 Å². The number of carbonyl (C=O) groups is 1. The van der Waals surface area contributed by atoms with E-state index in [4.69, 9.17) is 0 Å². The summed E-state index contributed by atoms with van der Waals surface area (Å²) < 4.78 is 0. The number of anilines is 2. The summed E-state index contributed by atoms with van der Waals surface area (Å²) in [6, 6.07) is 7.87. The van der Waals surface area contributed by atoms with Crippen molar-refractivity contribution in [1.82, 2.24) is 4.98 Å². The molecule has 4 nitrogen and oxygen atoms in total. The van der Waals surface area contributed by atoms with Gasteiger partial charge in [0, 0.05) is 18.0 Å². The van der Waals surface area contributed by atoms with Gasteiger partial charge in [0.05, 0.1) is 18.3 Å². The molecule has 1 N–H and O–H groups in total. The predicted molar refractivity (Wildman–Crippen MR) is 91.5 cm³/mol. The monoisotopic (exact) mass is 315 g/mol. The molecule has 0 spiro atoms. The van der Waals surface area contributed by atoms with Gasteiger partial charge in [0.2, 0.25) is 5.91 Å². The van der Waals surface area contributed by atoms with Gasteiger partial charge in [-0.05, 0) is 42.3 Å². The maximum absolute atomic E-state index is 12.0. The van der Waals surface area contributed by atoms with Crippen LogP contribution in [0.2, 0.25) is 0 Å². The molecular formula is C17H21N3OS. The molecule has 1 saturated heterocycles. The fourth-order valence-electron chi connectivity index (χ4n) is 2.66. The second kappa shape index (κ2) is 6.92. The number of nitrogens with zero attached hydrogens (tertiary/aromatic N) is 2. The molecule has 5 heteroatoms. The average Bonchev–Trinajstić information content (AvgIpc) is 3.02. The minimum absolute atomic E-state index is 0.00352. The molecular weight excluding hydrogens is 294 g/mol. The van der Waals surface area contributed by atoms with Crippen LogP contribution in [0.4, 0.5) is 11.5 Å². The number of thiophene rings is 1. The molecule has 3 heterocycles. The third-order valence-corrected chi connectivity index (χ3v) is 4.93. The van der Waals surface area contributed by atoms with Crippen molar-refractivity contribution in [3.05, 3.63) is 40.7 Å². The fourth-order valence-corrected chi connectivity index (χ4v) is 3.36. The first-order valence-corrected chi connectivity index (χ1v) is 8.62. The lowest BCUT2D eigenvalue weighted by Crippen LogP contribution is -2.33. The number of rotatable bonds is 4. The van der Waals surface area contributed by atoms with Crippen LogP contribution in [-0.4, -0.2) is 24.0 Å². The largest absolute Gasteiger partial charge is 0.357 e. The maximum atomic E-state index is 12.0. The van der Waals surface area contributed by atoms with Crippen LogP contribution >= 0.6 is 11.3 Å². The van der Waals surface area contributed by atoms with E-state index >= 15 is 0 Å². The van der Waals surface area contributed by atoms with Crippen molar-refractivity contribution in [2.45, 2.75) is 26.2 Å². The van der Waals surface area contributed by atoms with Gasteiger partial charge in [0.1, 0.15) is 5.82 Å². The van der Waals surface area contributed by atoms with Crippen LogP contribution in [0, 0.1) is 5.92 Å². The Morgan fingerprint density at radius 3 is 2.82 bits per heavy atom. The van der Waals surface area contributed by atoms with Crippen molar-refractivity contribution in [2.24, 2.45) is 5.92 Å². The second-order valence-corrected chi connectivity index (χ2v) is 6.91. The molecule has 22 heavy (non-hydrogen) atoms. The van der Waals surface area contributed by atoms with E-state index in [2.05, 4.69) is 22.1 Å². The van der Waals surface area contributed by atoms with E-state index in [0.29, 0.717) is 6.42 Å². The van der Waals surface area contributed by atoms with Crippen molar-refractivity contribution < 1.29 is 4.79 Å². The molecule has 1 fully saturated rings. The summed E-state index contributed by atoms with van der Waals surface area (Å²) in [7, 11) is 0. The van der Waals surface area contributed by atoms with Crippen molar-refractivity contribution in [2.75, 3.05) is 23.3 Å². The lowest BCUT2D eigenvalue weighted by atomic mass is 9.99. The number of piperidine rings is 1. The quantitative estimate of drug-likeness (QED) is 0.938. The summed E-state index contributed by atoms with van der Waals surface area (Å²) in [6.07, 6.45) is 4.62. The third-order valence-electron chi connectivity index (χ3n) is 4.05. The standard InChI is InChI=1S/C17H21N3OS/c1-13-6-8-20(9-7-13)16-5-4-14(12-18-16)19-17(21)11-15-3-2-10-22-15/h2-5,10,12-13H,6-9,11H2,1H3,(H,19,21). The Morgan fingerprint density at radius 1 is 1.36 bits per heavy atom. The van der Waals surface area contributed by atoms with E-state index < -0.39 is 0 Å². The molecule has 116 valence electrons. The molecule has 0 saturated carbocycles. The zero-order valence-corrected chi connectivity index (χ0v) is 13.6. The molecule has 0 aliphatic carbocycles. The van der Waals surface area contributed by atoms with Crippen molar-refractivity contribution in [3.8, 4) is 0 Å². The van der Waals surface area contributed by atoms with E-state index in [9.17, 15) is 4.79 Å². The van der Waals surface area contributed by atoms with E-state index in [1.807, 2.05) is 29.6 Å². The number of nitrogens with one attached hydrogen (secondary N) is 1. The highest BCUT2D eigenvalue weighted by Gasteiger charge is 2.16. The van der Waals surface area contributed by atoms with Crippen LogP contribution < -0.4 is 10.2 Å². The molecule has 1 aliphatic heterocycles. The van der Waals surface area contributed by atoms with Crippen LogP contribution in [0.15, 0.2) is 35.8 Å². The Balaban J connectivity index is 1.56. The highest BCUT2D eigenvalue weighted by Crippen LogP contribution is 2.22. The van der Waals surface area contributed by atoms with Crippen LogP contribution in [0.1, 0.15) is 24.6 Å². The smallest absolute Gasteiger partial charge is 0.229 e. The normalized spacial score (nSPS) is 15.8. The van der Waals surface area contributed by atoms with E-state index in [1.165, 1.54) is 12.8 Å². The first-order valence-electron chi connectivity index (χ1n) is 7.74. The Kier molecular flexibility index (Phi) is 4.73. The Morgan fingerprint density at radius 2 is 2.18 bits per heavy atom. The van der Waals surface area contributed by atoms with Crippen LogP contribution in [-0.2, 0) is 11.2 Å². The van der Waals surface area contributed by atoms with Gasteiger partial charge in [0.25, 0.3) is 0 Å². The van der Waals surface area contributed by atoms with Gasteiger partial charge in [-0.15, -0.1) is 11.3 Å². The maximum Gasteiger partial charge on any atom is 0.229 e. The fraction of sp³-hybridized carbons (Fsp3) is 0.412. The lowest BCUT2D eigenvalue weighted by molar-refractivity contribution is -0.115. The predicted octanol–water partition coefficient (Wildman–Crippen LogP) is 3.56. The van der Waals surface area contributed by atoms with Gasteiger partial charge >= 0.3 is 0 Å². The first kappa shape index (κ1) is 15.0. The molecule has 1 aliphatic rings. The van der Waals surface area contributed by atoms with Gasteiger partial charge in [-0.2, -0.15) is 0 Å². The summed E-state index contributed by atoms with van der Waals surface area (Å²) in [5.41, 5.74) is 0.760. The highest BCUT2D eigenvalue weighted by molar-refractivity contribution is 7.10. The lowest BCUT2D eigenvalue weighted by Gasteiger charge is -2.31. The van der Waals surface area contributed by atoms with Crippen LogP contribution in [0.25, 0.3) is 0 Å². The van der Waals surface area contributed by atoms with Gasteiger partial charge in [0.15, 0.2) is 0 Å². The Labute approximate surface area is 135 Å². The zero-order chi connectivity index (χ0) is 15.4. The SMILES string of the molecule is CC1CCN(c2ccc(NC(=O)Cc3cccs3)cn2)CC1. The summed E-state index contributed by atoms with van der Waals surface area (Å²) in [5.74, 6) is 1.82. The minimum Gasteiger partial charge on any atom is -0.357 e. The number of aromatic nitrogens is 1. The molecule has 3 rings (SSSR count). The third kappa shape index (κ3) is 3.85.